The van der Waals surface area contributed by atoms with Crippen LogP contribution in [-0.2, 0) is 14.8 Å². The van der Waals surface area contributed by atoms with E-state index < -0.39 is 10.0 Å². The summed E-state index contributed by atoms with van der Waals surface area (Å²) in [6.45, 7) is 6.66. The van der Waals surface area contributed by atoms with Crippen LogP contribution in [-0.4, -0.2) is 59.8 Å². The Kier molecular flexibility index (Phi) is 5.10. The number of piperazine rings is 1. The van der Waals surface area contributed by atoms with Crippen LogP contribution in [0.25, 0.3) is 0 Å². The maximum Gasteiger partial charge on any atom is 0.244 e. The fourth-order valence-electron chi connectivity index (χ4n) is 3.30. The second-order valence-electron chi connectivity index (χ2n) is 6.38. The van der Waals surface area contributed by atoms with Gasteiger partial charge in [0, 0.05) is 44.1 Å². The minimum atomic E-state index is -3.58. The molecule has 2 aromatic rings. The fourth-order valence-corrected chi connectivity index (χ4v) is 4.69. The van der Waals surface area contributed by atoms with Gasteiger partial charge in [0.15, 0.2) is 0 Å². The first-order valence-electron chi connectivity index (χ1n) is 8.44. The summed E-state index contributed by atoms with van der Waals surface area (Å²) in [5.74, 6) is 0.224. The molecule has 1 unspecified atom stereocenters. The molecule has 1 saturated heterocycles. The Morgan fingerprint density at radius 3 is 2.46 bits per heavy atom. The normalized spacial score (nSPS) is 17.3. The van der Waals surface area contributed by atoms with Gasteiger partial charge in [0.2, 0.25) is 15.9 Å². The van der Waals surface area contributed by atoms with Crippen molar-refractivity contribution in [2.45, 2.75) is 31.6 Å². The van der Waals surface area contributed by atoms with Crippen molar-refractivity contribution in [3.05, 3.63) is 41.5 Å². The molecule has 3 rings (SSSR count). The Hall–Kier alpha value is -2.26. The van der Waals surface area contributed by atoms with Crippen LogP contribution < -0.4 is 0 Å². The topological polar surface area (TPSA) is 96.6 Å². The Labute approximate surface area is 152 Å². The maximum atomic E-state index is 12.8. The zero-order valence-corrected chi connectivity index (χ0v) is 15.9. The van der Waals surface area contributed by atoms with Crippen molar-refractivity contribution < 1.29 is 17.7 Å². The van der Waals surface area contributed by atoms with Crippen LogP contribution in [0.4, 0.5) is 0 Å². The van der Waals surface area contributed by atoms with Crippen LogP contribution in [0.3, 0.4) is 0 Å². The molecule has 0 bridgehead atoms. The average Bonchev–Trinajstić information content (AvgIpc) is 2.99. The van der Waals surface area contributed by atoms with Crippen LogP contribution in [0.5, 0.6) is 0 Å². The van der Waals surface area contributed by atoms with Gasteiger partial charge in [0.25, 0.3) is 0 Å². The van der Waals surface area contributed by atoms with E-state index >= 15 is 0 Å². The quantitative estimate of drug-likeness (QED) is 0.796. The van der Waals surface area contributed by atoms with Crippen LogP contribution in [0, 0.1) is 13.8 Å². The smallest absolute Gasteiger partial charge is 0.244 e. The predicted molar refractivity (Wildman–Crippen MR) is 94.0 cm³/mol. The molecule has 1 atom stereocenters. The Balaban J connectivity index is 1.68. The number of sulfonamides is 1. The number of hydrogen-bond donors (Lipinski definition) is 0. The zero-order chi connectivity index (χ0) is 18.9. The molecule has 2 aromatic heterocycles. The van der Waals surface area contributed by atoms with Gasteiger partial charge >= 0.3 is 0 Å². The van der Waals surface area contributed by atoms with Gasteiger partial charge in [-0.2, -0.15) is 4.31 Å². The van der Waals surface area contributed by atoms with E-state index in [1.807, 2.05) is 13.8 Å². The lowest BCUT2D eigenvalue weighted by Crippen LogP contribution is -2.51. The Bertz CT molecular complexity index is 867. The highest BCUT2D eigenvalue weighted by Crippen LogP contribution is 2.26. The molecule has 0 N–H and O–H groups in total. The molecule has 3 heterocycles. The van der Waals surface area contributed by atoms with Gasteiger partial charge in [-0.05, 0) is 32.9 Å². The van der Waals surface area contributed by atoms with E-state index in [0.717, 1.165) is 5.56 Å². The predicted octanol–water partition coefficient (Wildman–Crippen LogP) is 1.32. The number of aromatic nitrogens is 2. The summed E-state index contributed by atoms with van der Waals surface area (Å²) in [5, 5.41) is 3.90. The molecule has 0 spiro atoms. The molecular weight excluding hydrogens is 356 g/mol. The standard InChI is InChI=1S/C17H22N4O4S/c1-12(16-13(2)19-25-14(16)3)17(22)20-7-9-21(10-8-20)26(23,24)15-5-4-6-18-11-15/h4-6,11-12H,7-10H2,1-3H3. The van der Waals surface area contributed by atoms with E-state index in [-0.39, 0.29) is 29.8 Å². The molecule has 0 saturated carbocycles. The van der Waals surface area contributed by atoms with Crippen molar-refractivity contribution in [1.82, 2.24) is 19.3 Å². The number of amides is 1. The largest absolute Gasteiger partial charge is 0.361 e. The van der Waals surface area contributed by atoms with Gasteiger partial charge < -0.3 is 9.42 Å². The van der Waals surface area contributed by atoms with E-state index in [1.165, 1.54) is 22.8 Å². The van der Waals surface area contributed by atoms with E-state index in [4.69, 9.17) is 4.52 Å². The molecule has 0 aromatic carbocycles. The van der Waals surface area contributed by atoms with Gasteiger partial charge in [-0.1, -0.05) is 5.16 Å². The molecule has 0 aliphatic carbocycles. The zero-order valence-electron chi connectivity index (χ0n) is 15.0. The first-order valence-corrected chi connectivity index (χ1v) is 9.88. The summed E-state index contributed by atoms with van der Waals surface area (Å²) >= 11 is 0. The van der Waals surface area contributed by atoms with Crippen molar-refractivity contribution in [1.29, 1.82) is 0 Å². The van der Waals surface area contributed by atoms with Gasteiger partial charge in [0.05, 0.1) is 11.6 Å². The monoisotopic (exact) mass is 378 g/mol. The number of pyridine rings is 1. The second kappa shape index (κ2) is 7.16. The highest BCUT2D eigenvalue weighted by Gasteiger charge is 2.33. The number of rotatable bonds is 4. The van der Waals surface area contributed by atoms with E-state index in [9.17, 15) is 13.2 Å². The minimum Gasteiger partial charge on any atom is -0.361 e. The third-order valence-electron chi connectivity index (χ3n) is 4.71. The fraction of sp³-hybridized carbons (Fsp3) is 0.471. The summed E-state index contributed by atoms with van der Waals surface area (Å²) in [6.07, 6.45) is 2.87. The van der Waals surface area contributed by atoms with Gasteiger partial charge in [-0.3, -0.25) is 9.78 Å². The first kappa shape index (κ1) is 18.5. The molecular formula is C17H22N4O4S. The molecule has 1 amide bonds. The molecule has 8 nitrogen and oxygen atoms in total. The van der Waals surface area contributed by atoms with Crippen molar-refractivity contribution in [2.24, 2.45) is 0 Å². The van der Waals surface area contributed by atoms with E-state index in [0.29, 0.717) is 24.5 Å². The number of hydrogen-bond acceptors (Lipinski definition) is 6. The van der Waals surface area contributed by atoms with Crippen LogP contribution in [0.15, 0.2) is 33.9 Å². The summed E-state index contributed by atoms with van der Waals surface area (Å²) in [4.78, 5) is 18.5. The lowest BCUT2D eigenvalue weighted by atomic mass is 9.98. The van der Waals surface area contributed by atoms with Crippen LogP contribution >= 0.6 is 0 Å². The van der Waals surface area contributed by atoms with Crippen molar-refractivity contribution >= 4 is 15.9 Å². The number of nitrogens with zero attached hydrogens (tertiary/aromatic N) is 4. The Morgan fingerprint density at radius 2 is 1.92 bits per heavy atom. The van der Waals surface area contributed by atoms with E-state index in [2.05, 4.69) is 10.1 Å². The number of carbonyl (C=O) groups is 1. The van der Waals surface area contributed by atoms with Crippen molar-refractivity contribution in [3.8, 4) is 0 Å². The maximum absolute atomic E-state index is 12.8. The second-order valence-corrected chi connectivity index (χ2v) is 8.32. The molecule has 1 aliphatic rings. The third-order valence-corrected chi connectivity index (χ3v) is 6.60. The molecule has 140 valence electrons. The minimum absolute atomic E-state index is 0.0437. The van der Waals surface area contributed by atoms with Gasteiger partial charge in [0.1, 0.15) is 10.7 Å². The third kappa shape index (κ3) is 3.36. The average molecular weight is 378 g/mol. The lowest BCUT2D eigenvalue weighted by Gasteiger charge is -2.35. The molecule has 1 aliphatic heterocycles. The van der Waals surface area contributed by atoms with E-state index in [1.54, 1.807) is 17.9 Å². The van der Waals surface area contributed by atoms with Gasteiger partial charge in [-0.15, -0.1) is 0 Å². The number of aryl methyl sites for hydroxylation is 2. The highest BCUT2D eigenvalue weighted by atomic mass is 32.2. The molecule has 1 fully saturated rings. The summed E-state index contributed by atoms with van der Waals surface area (Å²) in [6, 6.07) is 3.12. The first-order chi connectivity index (χ1) is 12.3. The van der Waals surface area contributed by atoms with Crippen molar-refractivity contribution in [3.63, 3.8) is 0 Å². The molecule has 0 radical (unpaired) electrons. The van der Waals surface area contributed by atoms with Crippen LogP contribution in [0.1, 0.15) is 29.9 Å². The summed E-state index contributed by atoms with van der Waals surface area (Å²) in [5.41, 5.74) is 1.52. The number of carbonyl (C=O) groups excluding carboxylic acids is 1. The highest BCUT2D eigenvalue weighted by molar-refractivity contribution is 7.89. The molecule has 9 heteroatoms. The SMILES string of the molecule is Cc1noc(C)c1C(C)C(=O)N1CCN(S(=O)(=O)c2cccnc2)CC1. The van der Waals surface area contributed by atoms with Crippen molar-refractivity contribution in [2.75, 3.05) is 26.2 Å². The lowest BCUT2D eigenvalue weighted by molar-refractivity contribution is -0.133. The van der Waals surface area contributed by atoms with Crippen LogP contribution in [0.2, 0.25) is 0 Å². The van der Waals surface area contributed by atoms with Gasteiger partial charge in [-0.25, -0.2) is 8.42 Å². The molecule has 26 heavy (non-hydrogen) atoms. The Morgan fingerprint density at radius 1 is 1.23 bits per heavy atom. The summed E-state index contributed by atoms with van der Waals surface area (Å²) in [7, 11) is -3.58. The summed E-state index contributed by atoms with van der Waals surface area (Å²) < 4.78 is 31.8.